The lowest BCUT2D eigenvalue weighted by Crippen LogP contribution is -2.18. The van der Waals surface area contributed by atoms with E-state index < -0.39 is 11.5 Å². The van der Waals surface area contributed by atoms with Crippen LogP contribution in [0, 0.1) is 25.2 Å². The quantitative estimate of drug-likeness (QED) is 0.574. The Kier molecular flexibility index (Phi) is 6.52. The van der Waals surface area contributed by atoms with E-state index in [9.17, 15) is 14.4 Å². The molecule has 1 aliphatic heterocycles. The number of aromatic nitrogens is 1. The van der Waals surface area contributed by atoms with E-state index in [4.69, 9.17) is 19.5 Å². The van der Waals surface area contributed by atoms with Gasteiger partial charge < -0.3 is 19.2 Å². The lowest BCUT2D eigenvalue weighted by molar-refractivity contribution is -0.142. The summed E-state index contributed by atoms with van der Waals surface area (Å²) in [6.07, 6.45) is 1.08. The van der Waals surface area contributed by atoms with E-state index in [0.717, 1.165) is 12.0 Å². The third-order valence-electron chi connectivity index (χ3n) is 4.93. The number of carbonyl (C=O) groups is 2. The van der Waals surface area contributed by atoms with Crippen molar-refractivity contribution in [2.75, 3.05) is 19.8 Å². The van der Waals surface area contributed by atoms with Crippen molar-refractivity contribution < 1.29 is 23.8 Å². The number of Topliss-reactive ketones (excluding diaryl/α,β-unsaturated/α-hetero) is 1. The van der Waals surface area contributed by atoms with Crippen LogP contribution in [0.15, 0.2) is 23.0 Å². The molecule has 0 fully saturated rings. The first-order valence-corrected chi connectivity index (χ1v) is 9.61. The van der Waals surface area contributed by atoms with Gasteiger partial charge in [0.25, 0.3) is 5.56 Å². The molecule has 1 aliphatic rings. The fraction of sp³-hybridized carbons (Fsp3) is 0.364. The monoisotopic (exact) mass is 410 g/mol. The molecule has 0 atom stereocenters. The number of ether oxygens (including phenoxy) is 3. The number of nitriles is 1. The first-order valence-electron chi connectivity index (χ1n) is 9.61. The Labute approximate surface area is 173 Å². The van der Waals surface area contributed by atoms with Crippen molar-refractivity contribution in [3.05, 3.63) is 56.5 Å². The van der Waals surface area contributed by atoms with Gasteiger partial charge in [0, 0.05) is 24.1 Å². The van der Waals surface area contributed by atoms with Crippen LogP contribution in [0.1, 0.15) is 45.6 Å². The Morgan fingerprint density at radius 2 is 1.93 bits per heavy atom. The normalized spacial score (nSPS) is 12.6. The van der Waals surface area contributed by atoms with E-state index in [1.807, 2.05) is 6.07 Å². The highest BCUT2D eigenvalue weighted by molar-refractivity contribution is 5.98. The van der Waals surface area contributed by atoms with Gasteiger partial charge in [-0.2, -0.15) is 5.26 Å². The molecule has 0 saturated carbocycles. The molecule has 0 saturated heterocycles. The highest BCUT2D eigenvalue weighted by Gasteiger charge is 2.17. The van der Waals surface area contributed by atoms with Gasteiger partial charge in [-0.25, -0.2) is 0 Å². The van der Waals surface area contributed by atoms with E-state index in [1.54, 1.807) is 32.0 Å². The van der Waals surface area contributed by atoms with Gasteiger partial charge in [0.1, 0.15) is 11.6 Å². The Bertz CT molecular complexity index is 1080. The van der Waals surface area contributed by atoms with Gasteiger partial charge in [-0.1, -0.05) is 0 Å². The van der Waals surface area contributed by atoms with E-state index in [0.29, 0.717) is 48.0 Å². The smallest absolute Gasteiger partial charge is 0.306 e. The van der Waals surface area contributed by atoms with Crippen LogP contribution >= 0.6 is 0 Å². The molecule has 30 heavy (non-hydrogen) atoms. The number of carbonyl (C=O) groups excluding carboxylic acids is 2. The molecule has 1 aromatic heterocycles. The zero-order valence-electron chi connectivity index (χ0n) is 16.9. The Morgan fingerprint density at radius 1 is 1.20 bits per heavy atom. The second kappa shape index (κ2) is 9.27. The van der Waals surface area contributed by atoms with Crippen LogP contribution in [0.3, 0.4) is 0 Å². The largest absolute Gasteiger partial charge is 0.490 e. The number of H-pyrrole nitrogens is 1. The second-order valence-corrected chi connectivity index (χ2v) is 6.97. The first kappa shape index (κ1) is 21.1. The van der Waals surface area contributed by atoms with Crippen molar-refractivity contribution in [2.24, 2.45) is 0 Å². The Hall–Kier alpha value is -3.60. The van der Waals surface area contributed by atoms with Crippen LogP contribution < -0.4 is 15.0 Å². The molecule has 0 bridgehead atoms. The topological polar surface area (TPSA) is 118 Å². The molecule has 2 heterocycles. The maximum atomic E-state index is 12.4. The molecule has 1 N–H and O–H groups in total. The molecule has 0 spiro atoms. The van der Waals surface area contributed by atoms with E-state index in [2.05, 4.69) is 4.98 Å². The van der Waals surface area contributed by atoms with Gasteiger partial charge in [0.2, 0.25) is 0 Å². The minimum absolute atomic E-state index is 0.0208. The molecule has 0 amide bonds. The minimum Gasteiger partial charge on any atom is -0.490 e. The van der Waals surface area contributed by atoms with Gasteiger partial charge in [0.15, 0.2) is 23.9 Å². The number of nitrogens with zero attached hydrogens (tertiary/aromatic N) is 1. The third kappa shape index (κ3) is 4.69. The molecular formula is C22H22N2O6. The van der Waals surface area contributed by atoms with E-state index >= 15 is 0 Å². The van der Waals surface area contributed by atoms with Crippen molar-refractivity contribution in [3.8, 4) is 17.6 Å². The predicted molar refractivity (Wildman–Crippen MR) is 107 cm³/mol. The number of rotatable bonds is 6. The minimum atomic E-state index is -0.541. The summed E-state index contributed by atoms with van der Waals surface area (Å²) in [7, 11) is 0. The molecule has 8 heteroatoms. The van der Waals surface area contributed by atoms with Crippen molar-refractivity contribution in [1.82, 2.24) is 4.98 Å². The molecule has 0 radical (unpaired) electrons. The average Bonchev–Trinajstić information content (AvgIpc) is 2.96. The molecule has 156 valence electrons. The summed E-state index contributed by atoms with van der Waals surface area (Å²) < 4.78 is 16.2. The lowest BCUT2D eigenvalue weighted by Gasteiger charge is -2.11. The zero-order valence-corrected chi connectivity index (χ0v) is 16.9. The second-order valence-electron chi connectivity index (χ2n) is 6.97. The standard InChI is InChI=1S/C22H22N2O6/c1-13-16(14(2)24-22(27)17(13)11-23)5-7-21(26)30-12-18(25)15-4-6-19-20(10-15)29-9-3-8-28-19/h4,6,10H,3,5,7-9,12H2,1-2H3,(H,24,27). The number of aryl methyl sites for hydroxylation is 1. The van der Waals surface area contributed by atoms with Crippen LogP contribution in [0.25, 0.3) is 0 Å². The van der Waals surface area contributed by atoms with Crippen molar-refractivity contribution in [3.63, 3.8) is 0 Å². The first-order chi connectivity index (χ1) is 14.4. The van der Waals surface area contributed by atoms with Crippen LogP contribution in [0.2, 0.25) is 0 Å². The maximum absolute atomic E-state index is 12.4. The van der Waals surface area contributed by atoms with Crippen molar-refractivity contribution in [2.45, 2.75) is 33.1 Å². The van der Waals surface area contributed by atoms with Gasteiger partial charge >= 0.3 is 5.97 Å². The molecule has 3 rings (SSSR count). The number of ketones is 1. The summed E-state index contributed by atoms with van der Waals surface area (Å²) in [5.41, 5.74) is 1.84. The Balaban J connectivity index is 1.58. The van der Waals surface area contributed by atoms with Crippen LogP contribution in [0.4, 0.5) is 0 Å². The molecule has 1 aromatic carbocycles. The summed E-state index contributed by atoms with van der Waals surface area (Å²) in [5.74, 6) is 0.204. The van der Waals surface area contributed by atoms with Crippen molar-refractivity contribution >= 4 is 11.8 Å². The molecule has 2 aromatic rings. The van der Waals surface area contributed by atoms with Crippen LogP contribution in [-0.4, -0.2) is 36.6 Å². The van der Waals surface area contributed by atoms with Crippen LogP contribution in [0.5, 0.6) is 11.5 Å². The zero-order chi connectivity index (χ0) is 21.7. The van der Waals surface area contributed by atoms with Gasteiger partial charge in [-0.05, 0) is 49.6 Å². The number of aromatic amines is 1. The summed E-state index contributed by atoms with van der Waals surface area (Å²) in [5, 5.41) is 9.12. The highest BCUT2D eigenvalue weighted by Crippen LogP contribution is 2.30. The number of benzene rings is 1. The lowest BCUT2D eigenvalue weighted by atomic mass is 9.99. The average molecular weight is 410 g/mol. The van der Waals surface area contributed by atoms with Gasteiger partial charge in [0.05, 0.1) is 13.2 Å². The number of fused-ring (bicyclic) bond motifs is 1. The summed E-state index contributed by atoms with van der Waals surface area (Å²) >= 11 is 0. The number of nitrogens with one attached hydrogen (secondary N) is 1. The van der Waals surface area contributed by atoms with E-state index in [1.165, 1.54) is 0 Å². The molecular weight excluding hydrogens is 388 g/mol. The van der Waals surface area contributed by atoms with E-state index in [-0.39, 0.29) is 24.4 Å². The van der Waals surface area contributed by atoms with Crippen LogP contribution in [-0.2, 0) is 16.0 Å². The Morgan fingerprint density at radius 3 is 2.67 bits per heavy atom. The maximum Gasteiger partial charge on any atom is 0.306 e. The SMILES string of the molecule is Cc1[nH]c(=O)c(C#N)c(C)c1CCC(=O)OCC(=O)c1ccc2c(c1)OCCCO2. The fourth-order valence-corrected chi connectivity index (χ4v) is 3.29. The predicted octanol–water partition coefficient (Wildman–Crippen LogP) is 2.38. The van der Waals surface area contributed by atoms with Crippen molar-refractivity contribution in [1.29, 1.82) is 5.26 Å². The highest BCUT2D eigenvalue weighted by atomic mass is 16.5. The number of esters is 1. The summed E-state index contributed by atoms with van der Waals surface area (Å²) in [4.78, 5) is 38.9. The van der Waals surface area contributed by atoms with Gasteiger partial charge in [-0.3, -0.25) is 14.4 Å². The summed E-state index contributed by atoms with van der Waals surface area (Å²) in [6, 6.07) is 6.75. The molecule has 0 aliphatic carbocycles. The third-order valence-corrected chi connectivity index (χ3v) is 4.93. The summed E-state index contributed by atoms with van der Waals surface area (Å²) in [6.45, 7) is 4.07. The number of hydrogen-bond acceptors (Lipinski definition) is 7. The van der Waals surface area contributed by atoms with Gasteiger partial charge in [-0.15, -0.1) is 0 Å². The number of pyridine rings is 1. The molecule has 8 nitrogen and oxygen atoms in total. The number of hydrogen-bond donors (Lipinski definition) is 1. The fourth-order valence-electron chi connectivity index (χ4n) is 3.29. The molecule has 0 unspecified atom stereocenters.